The molecule has 39 heavy (non-hydrogen) atoms. The van der Waals surface area contributed by atoms with E-state index in [4.69, 9.17) is 27.9 Å². The van der Waals surface area contributed by atoms with E-state index in [-0.39, 0.29) is 33.2 Å². The molecule has 0 aliphatic rings. The first-order valence-electron chi connectivity index (χ1n) is 10.4. The molecule has 3 rings (SSSR count). The minimum atomic E-state index is -5.11. The van der Waals surface area contributed by atoms with Gasteiger partial charge in [0.25, 0.3) is 0 Å². The van der Waals surface area contributed by atoms with Gasteiger partial charge >= 0.3 is 24.4 Å². The number of halogens is 8. The molecular formula is C23H16Cl2F6N4O3S. The zero-order valence-corrected chi connectivity index (χ0v) is 21.7. The molecule has 4 amide bonds. The Labute approximate surface area is 232 Å². The predicted octanol–water partition coefficient (Wildman–Crippen LogP) is 8.57. The molecular weight excluding hydrogens is 597 g/mol. The molecule has 3 aromatic carbocycles. The van der Waals surface area contributed by atoms with Gasteiger partial charge in [0, 0.05) is 17.1 Å². The molecule has 0 fully saturated rings. The number of benzene rings is 3. The fraction of sp³-hybridized carbons (Fsp3) is 0.130. The van der Waals surface area contributed by atoms with Crippen LogP contribution in [0.25, 0.3) is 0 Å². The van der Waals surface area contributed by atoms with E-state index in [0.29, 0.717) is 22.1 Å². The standard InChI is InChI=1S/C23H16Cl2F6N4O3S/c1-38-19-5-3-14(33-20(36)32-13-2-4-16(24)17(25)9-13)10-18(19)35(39)21(37)34-15-7-11(22(26,27)28)6-12(8-15)23(29,30)31/h2-10,39H,1H3,(H,34,37)(H2,32,33,36). The summed E-state index contributed by atoms with van der Waals surface area (Å²) in [7, 11) is 1.24. The van der Waals surface area contributed by atoms with Crippen molar-refractivity contribution in [3.05, 3.63) is 75.8 Å². The molecule has 0 unspecified atom stereocenters. The molecule has 0 heterocycles. The molecule has 0 bridgehead atoms. The normalized spacial score (nSPS) is 11.5. The lowest BCUT2D eigenvalue weighted by Crippen LogP contribution is -2.28. The summed E-state index contributed by atoms with van der Waals surface area (Å²) in [6, 6.07) is 7.00. The molecule has 0 spiro atoms. The topological polar surface area (TPSA) is 82.7 Å². The Morgan fingerprint density at radius 2 is 1.31 bits per heavy atom. The highest BCUT2D eigenvalue weighted by Crippen LogP contribution is 2.38. The highest BCUT2D eigenvalue weighted by molar-refractivity contribution is 7.82. The second-order valence-corrected chi connectivity index (χ2v) is 8.85. The van der Waals surface area contributed by atoms with Gasteiger partial charge < -0.3 is 20.7 Å². The van der Waals surface area contributed by atoms with Crippen LogP contribution in [-0.4, -0.2) is 19.2 Å². The Kier molecular flexibility index (Phi) is 9.03. The third-order valence-electron chi connectivity index (χ3n) is 4.87. The summed E-state index contributed by atoms with van der Waals surface area (Å²) in [5.74, 6) is 0.0376. The van der Waals surface area contributed by atoms with Crippen LogP contribution in [0.5, 0.6) is 5.75 Å². The summed E-state index contributed by atoms with van der Waals surface area (Å²) in [6.45, 7) is 0. The highest BCUT2D eigenvalue weighted by atomic mass is 35.5. The fourth-order valence-electron chi connectivity index (χ4n) is 3.11. The second kappa shape index (κ2) is 11.7. The SMILES string of the molecule is COc1ccc(NC(=O)Nc2ccc(Cl)c(Cl)c2)cc1N(S)C(=O)Nc1cc(C(F)(F)F)cc(C(F)(F)F)c1. The van der Waals surface area contributed by atoms with Crippen LogP contribution in [0.2, 0.25) is 10.0 Å². The van der Waals surface area contributed by atoms with Gasteiger partial charge in [0.1, 0.15) is 11.4 Å². The van der Waals surface area contributed by atoms with Gasteiger partial charge in [-0.3, -0.25) is 0 Å². The number of nitrogens with one attached hydrogen (secondary N) is 3. The number of methoxy groups -OCH3 is 1. The summed E-state index contributed by atoms with van der Waals surface area (Å²) in [5.41, 5.74) is -3.69. The van der Waals surface area contributed by atoms with Crippen molar-refractivity contribution in [1.82, 2.24) is 0 Å². The van der Waals surface area contributed by atoms with Crippen LogP contribution in [0.4, 0.5) is 58.7 Å². The molecule has 3 aromatic rings. The van der Waals surface area contributed by atoms with E-state index in [2.05, 4.69) is 23.4 Å². The number of amides is 4. The van der Waals surface area contributed by atoms with Crippen LogP contribution in [0, 0.1) is 0 Å². The minimum Gasteiger partial charge on any atom is -0.495 e. The van der Waals surface area contributed by atoms with Crippen molar-refractivity contribution in [3.8, 4) is 5.75 Å². The number of carbonyl (C=O) groups excluding carboxylic acids is 2. The zero-order chi connectivity index (χ0) is 29.1. The molecule has 0 saturated heterocycles. The van der Waals surface area contributed by atoms with Crippen molar-refractivity contribution in [2.45, 2.75) is 12.4 Å². The third-order valence-corrected chi connectivity index (χ3v) is 6.01. The third kappa shape index (κ3) is 7.77. The Hall–Kier alpha value is -3.49. The smallest absolute Gasteiger partial charge is 0.416 e. The highest BCUT2D eigenvalue weighted by Gasteiger charge is 2.37. The Balaban J connectivity index is 1.83. The van der Waals surface area contributed by atoms with Crippen LogP contribution in [0.3, 0.4) is 0 Å². The van der Waals surface area contributed by atoms with Crippen LogP contribution in [-0.2, 0) is 12.4 Å². The van der Waals surface area contributed by atoms with Crippen molar-refractivity contribution in [2.24, 2.45) is 0 Å². The number of rotatable bonds is 5. The predicted molar refractivity (Wildman–Crippen MR) is 139 cm³/mol. The first-order valence-corrected chi connectivity index (χ1v) is 11.5. The van der Waals surface area contributed by atoms with E-state index in [1.54, 1.807) is 0 Å². The number of carbonyl (C=O) groups is 2. The van der Waals surface area contributed by atoms with Gasteiger partial charge in [0.05, 0.1) is 28.3 Å². The lowest BCUT2D eigenvalue weighted by molar-refractivity contribution is -0.143. The summed E-state index contributed by atoms with van der Waals surface area (Å²) in [6.07, 6.45) is -10.2. The maximum atomic E-state index is 13.1. The van der Waals surface area contributed by atoms with Crippen molar-refractivity contribution in [2.75, 3.05) is 27.4 Å². The number of urea groups is 2. The van der Waals surface area contributed by atoms with Gasteiger partial charge in [-0.05, 0) is 54.6 Å². The molecule has 16 heteroatoms. The molecule has 0 radical (unpaired) electrons. The van der Waals surface area contributed by atoms with E-state index in [9.17, 15) is 35.9 Å². The van der Waals surface area contributed by atoms with Gasteiger partial charge in [0.15, 0.2) is 0 Å². The number of thiol groups is 1. The molecule has 3 N–H and O–H groups in total. The monoisotopic (exact) mass is 612 g/mol. The summed E-state index contributed by atoms with van der Waals surface area (Å²) < 4.78 is 84.6. The summed E-state index contributed by atoms with van der Waals surface area (Å²) in [5, 5.41) is 7.41. The summed E-state index contributed by atoms with van der Waals surface area (Å²) in [4.78, 5) is 25.1. The van der Waals surface area contributed by atoms with Gasteiger partial charge in [-0.1, -0.05) is 36.0 Å². The van der Waals surface area contributed by atoms with Gasteiger partial charge in [-0.25, -0.2) is 13.9 Å². The number of alkyl halides is 6. The Morgan fingerprint density at radius 1 is 0.769 bits per heavy atom. The van der Waals surface area contributed by atoms with Crippen LogP contribution in [0.15, 0.2) is 54.6 Å². The average Bonchev–Trinajstić information content (AvgIpc) is 2.84. The van der Waals surface area contributed by atoms with Gasteiger partial charge in [0.2, 0.25) is 0 Å². The van der Waals surface area contributed by atoms with Crippen LogP contribution < -0.4 is 25.0 Å². The second-order valence-electron chi connectivity index (χ2n) is 7.63. The van der Waals surface area contributed by atoms with Crippen molar-refractivity contribution >= 4 is 70.8 Å². The van der Waals surface area contributed by atoms with E-state index in [1.807, 2.05) is 5.32 Å². The minimum absolute atomic E-state index is 0.0376. The first kappa shape index (κ1) is 30.1. The lowest BCUT2D eigenvalue weighted by Gasteiger charge is -2.21. The number of ether oxygens (including phenoxy) is 1. The largest absolute Gasteiger partial charge is 0.495 e. The average molecular weight is 613 g/mol. The summed E-state index contributed by atoms with van der Waals surface area (Å²) >= 11 is 15.8. The van der Waals surface area contributed by atoms with Crippen molar-refractivity contribution in [3.63, 3.8) is 0 Å². The van der Waals surface area contributed by atoms with Crippen molar-refractivity contribution in [1.29, 1.82) is 0 Å². The van der Waals surface area contributed by atoms with Crippen LogP contribution >= 0.6 is 36.0 Å². The van der Waals surface area contributed by atoms with Crippen LogP contribution in [0.1, 0.15) is 11.1 Å². The first-order chi connectivity index (χ1) is 18.1. The Bertz CT molecular complexity index is 1370. The van der Waals surface area contributed by atoms with E-state index >= 15 is 0 Å². The fourth-order valence-corrected chi connectivity index (χ4v) is 3.62. The molecule has 0 saturated carbocycles. The number of anilines is 4. The number of nitrogens with zero attached hydrogens (tertiary/aromatic N) is 1. The maximum Gasteiger partial charge on any atom is 0.416 e. The van der Waals surface area contributed by atoms with E-state index in [0.717, 1.165) is 0 Å². The van der Waals surface area contributed by atoms with Gasteiger partial charge in [-0.2, -0.15) is 26.3 Å². The Morgan fingerprint density at radius 3 is 1.82 bits per heavy atom. The number of hydrogen-bond donors (Lipinski definition) is 4. The molecule has 0 atom stereocenters. The molecule has 208 valence electrons. The number of hydrogen-bond acceptors (Lipinski definition) is 4. The zero-order valence-electron chi connectivity index (χ0n) is 19.3. The quantitative estimate of drug-likeness (QED) is 0.172. The lowest BCUT2D eigenvalue weighted by atomic mass is 10.1. The molecule has 0 aliphatic heterocycles. The van der Waals surface area contributed by atoms with E-state index in [1.165, 1.54) is 43.5 Å². The molecule has 7 nitrogen and oxygen atoms in total. The molecule has 0 aliphatic carbocycles. The van der Waals surface area contributed by atoms with E-state index < -0.39 is 41.2 Å². The maximum absolute atomic E-state index is 13.1. The van der Waals surface area contributed by atoms with Crippen molar-refractivity contribution < 1.29 is 40.7 Å². The molecule has 0 aromatic heterocycles. The van der Waals surface area contributed by atoms with Gasteiger partial charge in [-0.15, -0.1) is 0 Å².